The second-order valence-corrected chi connectivity index (χ2v) is 7.35. The summed E-state index contributed by atoms with van der Waals surface area (Å²) >= 11 is 2.69. The number of esters is 1. The minimum Gasteiger partial charge on any atom is -0.462 e. The molecular weight excluding hydrogens is 370 g/mol. The van der Waals surface area contributed by atoms with Gasteiger partial charge in [-0.05, 0) is 54.6 Å². The van der Waals surface area contributed by atoms with E-state index in [-0.39, 0.29) is 5.97 Å². The summed E-state index contributed by atoms with van der Waals surface area (Å²) in [4.78, 5) is 18.0. The summed E-state index contributed by atoms with van der Waals surface area (Å²) in [5, 5.41) is 9.49. The van der Waals surface area contributed by atoms with E-state index in [1.165, 1.54) is 34.6 Å². The van der Waals surface area contributed by atoms with Crippen LogP contribution in [0.3, 0.4) is 0 Å². The van der Waals surface area contributed by atoms with E-state index in [0.29, 0.717) is 28.0 Å². The van der Waals surface area contributed by atoms with Crippen LogP contribution in [0.4, 0.5) is 0 Å². The Morgan fingerprint density at radius 1 is 1.35 bits per heavy atom. The number of nitrogens with zero attached hydrogens (tertiary/aromatic N) is 3. The molecule has 0 saturated carbocycles. The molecule has 0 aliphatic heterocycles. The van der Waals surface area contributed by atoms with Gasteiger partial charge in [0.25, 0.3) is 0 Å². The van der Waals surface area contributed by atoms with Gasteiger partial charge in [-0.25, -0.2) is 14.2 Å². The van der Waals surface area contributed by atoms with Gasteiger partial charge in [0.05, 0.1) is 23.2 Å². The molecule has 0 radical (unpaired) electrons. The summed E-state index contributed by atoms with van der Waals surface area (Å²) in [6.07, 6.45) is 4.98. The maximum absolute atomic E-state index is 12.4. The second-order valence-electron chi connectivity index (χ2n) is 5.57. The highest BCUT2D eigenvalue weighted by Crippen LogP contribution is 2.50. The zero-order chi connectivity index (χ0) is 18.1. The molecule has 0 unspecified atom stereocenters. The maximum Gasteiger partial charge on any atom is 0.348 e. The topological polar surface area (TPSA) is 85.1 Å². The smallest absolute Gasteiger partial charge is 0.348 e. The van der Waals surface area contributed by atoms with E-state index in [4.69, 9.17) is 14.7 Å². The number of thiophene rings is 1. The molecule has 0 atom stereocenters. The number of carbonyl (C=O) groups excluding carboxylic acids is 1. The van der Waals surface area contributed by atoms with Crippen LogP contribution in [0.15, 0.2) is 24.5 Å². The number of carbonyl (C=O) groups is 1. The fourth-order valence-corrected chi connectivity index (χ4v) is 4.91. The predicted molar refractivity (Wildman–Crippen MR) is 97.8 cm³/mol. The molecule has 8 heteroatoms. The molecule has 0 aromatic carbocycles. The molecule has 0 amide bonds. The third-order valence-electron chi connectivity index (χ3n) is 4.01. The van der Waals surface area contributed by atoms with Gasteiger partial charge in [0.15, 0.2) is 5.06 Å². The molecule has 0 N–H and O–H groups in total. The summed E-state index contributed by atoms with van der Waals surface area (Å²) in [5.41, 5.74) is 3.37. The first kappa shape index (κ1) is 16.7. The molecule has 3 aromatic rings. The van der Waals surface area contributed by atoms with Crippen molar-refractivity contribution in [3.05, 3.63) is 46.2 Å². The first-order valence-electron chi connectivity index (χ1n) is 8.02. The van der Waals surface area contributed by atoms with Crippen LogP contribution in [-0.2, 0) is 17.6 Å². The molecule has 6 nitrogen and oxygen atoms in total. The highest BCUT2D eigenvalue weighted by Gasteiger charge is 2.31. The Hall–Kier alpha value is -2.76. The summed E-state index contributed by atoms with van der Waals surface area (Å²) in [7, 11) is 0. The van der Waals surface area contributed by atoms with E-state index in [0.717, 1.165) is 28.8 Å². The van der Waals surface area contributed by atoms with Gasteiger partial charge in [-0.2, -0.15) is 5.26 Å². The van der Waals surface area contributed by atoms with E-state index in [1.807, 2.05) is 12.3 Å². The zero-order valence-electron chi connectivity index (χ0n) is 13.8. The summed E-state index contributed by atoms with van der Waals surface area (Å²) in [6.45, 7) is 2.12. The predicted octanol–water partition coefficient (Wildman–Crippen LogP) is 4.21. The Morgan fingerprint density at radius 3 is 2.96 bits per heavy atom. The van der Waals surface area contributed by atoms with Crippen LogP contribution in [0.2, 0.25) is 0 Å². The molecular formula is C18H13N3O3S2. The van der Waals surface area contributed by atoms with Gasteiger partial charge in [0, 0.05) is 6.20 Å². The van der Waals surface area contributed by atoms with Crippen LogP contribution in [0, 0.1) is 11.3 Å². The lowest BCUT2D eigenvalue weighted by Gasteiger charge is -2.14. The van der Waals surface area contributed by atoms with Crippen molar-refractivity contribution in [1.29, 1.82) is 5.26 Å². The lowest BCUT2D eigenvalue weighted by atomic mass is 9.93. The Kier molecular flexibility index (Phi) is 4.41. The Bertz CT molecular complexity index is 1020. The number of hydrogen-bond acceptors (Lipinski definition) is 8. The number of ether oxygens (including phenoxy) is 2. The van der Waals surface area contributed by atoms with Crippen molar-refractivity contribution in [3.8, 4) is 27.3 Å². The molecule has 0 bridgehead atoms. The highest BCUT2D eigenvalue weighted by molar-refractivity contribution is 7.17. The van der Waals surface area contributed by atoms with Gasteiger partial charge in [-0.3, -0.25) is 0 Å². The quantitative estimate of drug-likeness (QED) is 0.628. The van der Waals surface area contributed by atoms with Gasteiger partial charge >= 0.3 is 5.97 Å². The average molecular weight is 383 g/mol. The van der Waals surface area contributed by atoms with Crippen LogP contribution < -0.4 is 4.74 Å². The largest absolute Gasteiger partial charge is 0.462 e. The fourth-order valence-electron chi connectivity index (χ4n) is 2.86. The number of hydrogen-bond donors (Lipinski definition) is 0. The van der Waals surface area contributed by atoms with E-state index in [9.17, 15) is 4.79 Å². The minimum atomic E-state index is -0.325. The van der Waals surface area contributed by atoms with Crippen LogP contribution in [-0.4, -0.2) is 21.9 Å². The standard InChI is InChI=1S/C18H13N3O3S2/c1-2-23-17(22)16-13-6-3-10-8-21-26-15(10)14(13)18(25-16)24-12-5-4-11(7-19)20-9-12/h4-5,8-9H,2-3,6H2,1H3. The van der Waals surface area contributed by atoms with Gasteiger partial charge in [-0.1, -0.05) is 11.3 Å². The van der Waals surface area contributed by atoms with Crippen molar-refractivity contribution < 1.29 is 14.3 Å². The van der Waals surface area contributed by atoms with Crippen LogP contribution in [0.5, 0.6) is 10.8 Å². The number of pyridine rings is 1. The molecule has 0 fully saturated rings. The van der Waals surface area contributed by atoms with Gasteiger partial charge in [0.2, 0.25) is 0 Å². The van der Waals surface area contributed by atoms with Gasteiger partial charge in [0.1, 0.15) is 22.4 Å². The van der Waals surface area contributed by atoms with Crippen molar-refractivity contribution in [1.82, 2.24) is 9.36 Å². The summed E-state index contributed by atoms with van der Waals surface area (Å²) in [6, 6.07) is 5.27. The number of fused-ring (bicyclic) bond motifs is 3. The molecule has 3 aromatic heterocycles. The van der Waals surface area contributed by atoms with Crippen LogP contribution in [0.25, 0.3) is 10.4 Å². The second kappa shape index (κ2) is 6.86. The lowest BCUT2D eigenvalue weighted by Crippen LogP contribution is -2.08. The van der Waals surface area contributed by atoms with Crippen LogP contribution >= 0.6 is 22.9 Å². The molecule has 0 spiro atoms. The molecule has 4 rings (SSSR count). The zero-order valence-corrected chi connectivity index (χ0v) is 15.4. The van der Waals surface area contributed by atoms with Crippen LogP contribution in [0.1, 0.15) is 33.4 Å². The Labute approximate surface area is 157 Å². The number of rotatable bonds is 4. The van der Waals surface area contributed by atoms with Gasteiger partial charge in [-0.15, -0.1) is 0 Å². The average Bonchev–Trinajstić information content (AvgIpc) is 3.27. The molecule has 1 aliphatic carbocycles. The minimum absolute atomic E-state index is 0.322. The van der Waals surface area contributed by atoms with Crippen molar-refractivity contribution in [2.24, 2.45) is 0 Å². The molecule has 130 valence electrons. The number of nitriles is 1. The number of aromatic nitrogens is 2. The first-order chi connectivity index (χ1) is 12.7. The van der Waals surface area contributed by atoms with E-state index < -0.39 is 0 Å². The highest BCUT2D eigenvalue weighted by atomic mass is 32.1. The third-order valence-corrected chi connectivity index (χ3v) is 5.96. The molecule has 26 heavy (non-hydrogen) atoms. The summed E-state index contributed by atoms with van der Waals surface area (Å²) in [5.74, 6) is 0.189. The Balaban J connectivity index is 1.79. The van der Waals surface area contributed by atoms with Gasteiger partial charge < -0.3 is 9.47 Å². The fraction of sp³-hybridized carbons (Fsp3) is 0.222. The first-order valence-corrected chi connectivity index (χ1v) is 9.61. The normalized spacial score (nSPS) is 12.0. The molecule has 1 aliphatic rings. The SMILES string of the molecule is CCOC(=O)c1sc(Oc2ccc(C#N)nc2)c2c1CCc1cnsc1-2. The van der Waals surface area contributed by atoms with Crippen molar-refractivity contribution in [2.45, 2.75) is 19.8 Å². The molecule has 0 saturated heterocycles. The Morgan fingerprint density at radius 2 is 2.23 bits per heavy atom. The van der Waals surface area contributed by atoms with Crippen molar-refractivity contribution in [3.63, 3.8) is 0 Å². The summed E-state index contributed by atoms with van der Waals surface area (Å²) < 4.78 is 15.5. The maximum atomic E-state index is 12.4. The van der Waals surface area contributed by atoms with E-state index in [2.05, 4.69) is 9.36 Å². The molecule has 3 heterocycles. The van der Waals surface area contributed by atoms with Crippen molar-refractivity contribution >= 4 is 28.8 Å². The van der Waals surface area contributed by atoms with E-state index in [1.54, 1.807) is 19.1 Å². The number of aryl methyl sites for hydroxylation is 1. The monoisotopic (exact) mass is 383 g/mol. The van der Waals surface area contributed by atoms with E-state index >= 15 is 0 Å². The van der Waals surface area contributed by atoms with Crippen molar-refractivity contribution in [2.75, 3.05) is 6.61 Å². The lowest BCUT2D eigenvalue weighted by molar-refractivity contribution is 0.0531. The third kappa shape index (κ3) is 2.85.